The Hall–Kier alpha value is -3.88. The number of aryl methyl sites for hydroxylation is 1. The fourth-order valence-corrected chi connectivity index (χ4v) is 5.54. The molecule has 0 bridgehead atoms. The summed E-state index contributed by atoms with van der Waals surface area (Å²) in [5.74, 6) is -4.97. The Bertz CT molecular complexity index is 1390. The number of hydrogen-bond acceptors (Lipinski definition) is 6. The average Bonchev–Trinajstić information content (AvgIpc) is 3.32. The molecule has 0 aromatic heterocycles. The minimum absolute atomic E-state index is 0.0158. The van der Waals surface area contributed by atoms with Crippen LogP contribution in [0.1, 0.15) is 22.7 Å². The van der Waals surface area contributed by atoms with Crippen LogP contribution in [0.4, 0.5) is 5.69 Å². The van der Waals surface area contributed by atoms with Crippen molar-refractivity contribution in [3.8, 4) is 11.5 Å². The molecule has 3 aromatic rings. The lowest BCUT2D eigenvalue weighted by atomic mass is 9.76. The largest absolute Gasteiger partial charge is 0.508 e. The molecule has 2 aliphatic heterocycles. The van der Waals surface area contributed by atoms with E-state index in [1.807, 2.05) is 0 Å². The van der Waals surface area contributed by atoms with Crippen molar-refractivity contribution < 1.29 is 29.7 Å². The lowest BCUT2D eigenvalue weighted by molar-refractivity contribution is -0.148. The predicted octanol–water partition coefficient (Wildman–Crippen LogP) is 3.58. The van der Waals surface area contributed by atoms with Crippen molar-refractivity contribution in [1.29, 1.82) is 0 Å². The van der Waals surface area contributed by atoms with E-state index in [4.69, 9.17) is 11.6 Å². The van der Waals surface area contributed by atoms with Crippen LogP contribution in [0.5, 0.6) is 11.5 Å². The maximum Gasteiger partial charge on any atom is 0.325 e. The molecule has 0 saturated carbocycles. The van der Waals surface area contributed by atoms with Crippen LogP contribution in [0.15, 0.2) is 66.7 Å². The van der Waals surface area contributed by atoms with E-state index in [9.17, 15) is 29.7 Å². The fraction of sp³-hybridized carbons (Fsp3) is 0.222. The monoisotopic (exact) mass is 506 g/mol. The predicted molar refractivity (Wildman–Crippen MR) is 132 cm³/mol. The van der Waals surface area contributed by atoms with Crippen LogP contribution in [0, 0.1) is 18.8 Å². The first-order valence-corrected chi connectivity index (χ1v) is 11.7. The van der Waals surface area contributed by atoms with Gasteiger partial charge in [-0.05, 0) is 48.4 Å². The molecular formula is C27H23ClN2O6. The highest BCUT2D eigenvalue weighted by atomic mass is 35.5. The van der Waals surface area contributed by atoms with Crippen molar-refractivity contribution in [3.63, 3.8) is 0 Å². The number of imide groups is 1. The molecule has 4 atom stereocenters. The van der Waals surface area contributed by atoms with E-state index in [1.165, 1.54) is 24.3 Å². The number of aliphatic carboxylic acids is 1. The SMILES string of the molecule is Cc1ccc(N2C(=O)C3C(c4ccccc4O)NC(Cc4ccc(O)cc4)(C(=O)O)C3C2=O)cc1Cl. The first-order valence-electron chi connectivity index (χ1n) is 11.3. The van der Waals surface area contributed by atoms with Crippen LogP contribution in [0.3, 0.4) is 0 Å². The summed E-state index contributed by atoms with van der Waals surface area (Å²) < 4.78 is 0. The Balaban J connectivity index is 1.67. The van der Waals surface area contributed by atoms with E-state index in [2.05, 4.69) is 5.32 Å². The summed E-state index contributed by atoms with van der Waals surface area (Å²) in [6.45, 7) is 1.79. The molecule has 4 N–H and O–H groups in total. The van der Waals surface area contributed by atoms with Crippen molar-refractivity contribution in [2.45, 2.75) is 24.9 Å². The second kappa shape index (κ2) is 8.65. The molecule has 5 rings (SSSR count). The zero-order chi connectivity index (χ0) is 25.8. The lowest BCUT2D eigenvalue weighted by Crippen LogP contribution is -2.57. The number of carbonyl (C=O) groups excluding carboxylic acids is 2. The summed E-state index contributed by atoms with van der Waals surface area (Å²) >= 11 is 6.27. The average molecular weight is 507 g/mol. The maximum atomic E-state index is 13.9. The molecule has 0 radical (unpaired) electrons. The number of phenols is 2. The van der Waals surface area contributed by atoms with Crippen molar-refractivity contribution in [2.24, 2.45) is 11.8 Å². The molecule has 2 heterocycles. The molecule has 2 aliphatic rings. The molecule has 2 saturated heterocycles. The third-order valence-electron chi connectivity index (χ3n) is 7.14. The van der Waals surface area contributed by atoms with Gasteiger partial charge in [-0.15, -0.1) is 0 Å². The van der Waals surface area contributed by atoms with Gasteiger partial charge in [-0.3, -0.25) is 19.7 Å². The quantitative estimate of drug-likeness (QED) is 0.389. The van der Waals surface area contributed by atoms with E-state index >= 15 is 0 Å². The highest BCUT2D eigenvalue weighted by molar-refractivity contribution is 6.32. The minimum atomic E-state index is -1.86. The van der Waals surface area contributed by atoms with Gasteiger partial charge in [-0.1, -0.05) is 48.0 Å². The van der Waals surface area contributed by atoms with Crippen molar-refractivity contribution in [3.05, 3.63) is 88.4 Å². The van der Waals surface area contributed by atoms with Gasteiger partial charge in [-0.25, -0.2) is 4.90 Å². The number of hydrogen-bond donors (Lipinski definition) is 4. The number of nitrogens with zero attached hydrogens (tertiary/aromatic N) is 1. The molecule has 9 heteroatoms. The number of para-hydroxylation sites is 1. The summed E-state index contributed by atoms with van der Waals surface area (Å²) in [4.78, 5) is 41.6. The number of amides is 2. The van der Waals surface area contributed by atoms with Crippen LogP contribution in [-0.2, 0) is 20.8 Å². The zero-order valence-electron chi connectivity index (χ0n) is 19.2. The molecule has 4 unspecified atom stereocenters. The first kappa shape index (κ1) is 23.8. The van der Waals surface area contributed by atoms with Gasteiger partial charge < -0.3 is 15.3 Å². The zero-order valence-corrected chi connectivity index (χ0v) is 19.9. The molecule has 8 nitrogen and oxygen atoms in total. The van der Waals surface area contributed by atoms with Gasteiger partial charge in [0.2, 0.25) is 11.8 Å². The second-order valence-electron chi connectivity index (χ2n) is 9.25. The highest BCUT2D eigenvalue weighted by Gasteiger charge is 2.68. The van der Waals surface area contributed by atoms with E-state index in [0.29, 0.717) is 16.1 Å². The number of rotatable bonds is 5. The Morgan fingerprint density at radius 3 is 2.36 bits per heavy atom. The fourth-order valence-electron chi connectivity index (χ4n) is 5.37. The number of carboxylic acids is 1. The van der Waals surface area contributed by atoms with Crippen LogP contribution in [0.25, 0.3) is 0 Å². The van der Waals surface area contributed by atoms with Crippen molar-refractivity contribution in [1.82, 2.24) is 5.32 Å². The Morgan fingerprint density at radius 2 is 1.72 bits per heavy atom. The van der Waals surface area contributed by atoms with Gasteiger partial charge >= 0.3 is 5.97 Å². The molecule has 2 fully saturated rings. The number of carboxylic acid groups (broad SMARTS) is 1. The normalized spacial score (nSPS) is 25.3. The summed E-state index contributed by atoms with van der Waals surface area (Å²) in [5.41, 5.74) is 0.0447. The van der Waals surface area contributed by atoms with Crippen LogP contribution in [-0.4, -0.2) is 38.6 Å². The van der Waals surface area contributed by atoms with Crippen molar-refractivity contribution in [2.75, 3.05) is 4.90 Å². The van der Waals surface area contributed by atoms with Gasteiger partial charge in [0.05, 0.1) is 17.5 Å². The number of fused-ring (bicyclic) bond motifs is 1. The molecule has 3 aromatic carbocycles. The topological polar surface area (TPSA) is 127 Å². The number of halogens is 1. The molecule has 36 heavy (non-hydrogen) atoms. The van der Waals surface area contributed by atoms with Gasteiger partial charge in [0, 0.05) is 23.0 Å². The van der Waals surface area contributed by atoms with Crippen LogP contribution < -0.4 is 10.2 Å². The summed E-state index contributed by atoms with van der Waals surface area (Å²) in [7, 11) is 0. The highest BCUT2D eigenvalue weighted by Crippen LogP contribution is 2.52. The second-order valence-corrected chi connectivity index (χ2v) is 9.66. The van der Waals surface area contributed by atoms with E-state index in [0.717, 1.165) is 10.5 Å². The molecule has 184 valence electrons. The van der Waals surface area contributed by atoms with Crippen LogP contribution in [0.2, 0.25) is 5.02 Å². The number of benzene rings is 3. The Morgan fingerprint density at radius 1 is 1.03 bits per heavy atom. The standard InChI is InChI=1S/C27H23ClN2O6/c1-14-6-9-16(12-19(14)28)30-24(33)21-22(25(30)34)27(26(35)36,13-15-7-10-17(31)11-8-15)29-23(21)18-4-2-3-5-20(18)32/h2-12,21-23,29,31-32H,13H2,1H3,(H,35,36). The van der Waals surface area contributed by atoms with E-state index < -0.39 is 41.2 Å². The Kier molecular flexibility index (Phi) is 5.73. The minimum Gasteiger partial charge on any atom is -0.508 e. The van der Waals surface area contributed by atoms with E-state index in [-0.39, 0.29) is 23.6 Å². The molecular weight excluding hydrogens is 484 g/mol. The van der Waals surface area contributed by atoms with Crippen molar-refractivity contribution >= 4 is 35.1 Å². The summed E-state index contributed by atoms with van der Waals surface area (Å²) in [5, 5.41) is 34.2. The summed E-state index contributed by atoms with van der Waals surface area (Å²) in [6.07, 6.45) is -0.130. The smallest absolute Gasteiger partial charge is 0.325 e. The van der Waals surface area contributed by atoms with E-state index in [1.54, 1.807) is 49.4 Å². The third-order valence-corrected chi connectivity index (χ3v) is 7.55. The number of anilines is 1. The van der Waals surface area contributed by atoms with Gasteiger partial charge in [-0.2, -0.15) is 0 Å². The Labute approximate surface area is 211 Å². The number of nitrogens with one attached hydrogen (secondary N) is 1. The van der Waals surface area contributed by atoms with Gasteiger partial charge in [0.15, 0.2) is 0 Å². The maximum absolute atomic E-state index is 13.9. The number of aromatic hydroxyl groups is 2. The molecule has 0 spiro atoms. The van der Waals surface area contributed by atoms with Gasteiger partial charge in [0.1, 0.15) is 17.0 Å². The number of carbonyl (C=O) groups is 3. The summed E-state index contributed by atoms with van der Waals surface area (Å²) in [6, 6.07) is 16.2. The molecule has 2 amide bonds. The molecule has 0 aliphatic carbocycles. The van der Waals surface area contributed by atoms with Gasteiger partial charge in [0.25, 0.3) is 0 Å². The lowest BCUT2D eigenvalue weighted by Gasteiger charge is -2.31. The third kappa shape index (κ3) is 3.61. The number of phenolic OH excluding ortho intramolecular Hbond substituents is 2. The first-order chi connectivity index (χ1) is 17.1. The van der Waals surface area contributed by atoms with Crippen LogP contribution >= 0.6 is 11.6 Å².